The molecule has 3 rings (SSSR count). The summed E-state index contributed by atoms with van der Waals surface area (Å²) < 4.78 is 38.9. The highest BCUT2D eigenvalue weighted by atomic mass is 19.4. The number of alkyl halides is 3. The lowest BCUT2D eigenvalue weighted by Gasteiger charge is -2.36. The van der Waals surface area contributed by atoms with E-state index in [1.54, 1.807) is 31.0 Å². The molecule has 0 N–H and O–H groups in total. The smallest absolute Gasteiger partial charge is 0.366 e. The van der Waals surface area contributed by atoms with Crippen molar-refractivity contribution in [1.29, 1.82) is 0 Å². The van der Waals surface area contributed by atoms with Crippen LogP contribution in [0, 0.1) is 26.1 Å². The molecule has 2 aromatic carbocycles. The molecule has 1 atom stereocenters. The SMILES string of the molecule is CC(c1cccc([N+](=O)[O-])c1)N(C)C(=O)C1CCN(c2ccc(C(F)(F)F)cc2[N+](=O)[O-])CC1. The minimum Gasteiger partial charge on any atom is -0.366 e. The fraction of sp³-hybridized carbons (Fsp3) is 0.409. The van der Waals surface area contributed by atoms with Gasteiger partial charge in [-0.05, 0) is 37.5 Å². The van der Waals surface area contributed by atoms with E-state index >= 15 is 0 Å². The van der Waals surface area contributed by atoms with Gasteiger partial charge in [-0.3, -0.25) is 25.0 Å². The highest BCUT2D eigenvalue weighted by Gasteiger charge is 2.35. The van der Waals surface area contributed by atoms with Gasteiger partial charge in [0.15, 0.2) is 0 Å². The predicted octanol–water partition coefficient (Wildman–Crippen LogP) is 4.96. The first kappa shape index (κ1) is 24.9. The first-order chi connectivity index (χ1) is 15.9. The lowest BCUT2D eigenvalue weighted by atomic mass is 9.93. The van der Waals surface area contributed by atoms with E-state index in [2.05, 4.69) is 0 Å². The number of rotatable bonds is 6. The van der Waals surface area contributed by atoms with Gasteiger partial charge >= 0.3 is 6.18 Å². The summed E-state index contributed by atoms with van der Waals surface area (Å²) in [5, 5.41) is 22.4. The molecule has 0 bridgehead atoms. The van der Waals surface area contributed by atoms with Gasteiger partial charge in [0.25, 0.3) is 11.4 Å². The van der Waals surface area contributed by atoms with Gasteiger partial charge in [-0.2, -0.15) is 13.2 Å². The maximum Gasteiger partial charge on any atom is 0.416 e. The quantitative estimate of drug-likeness (QED) is 0.427. The van der Waals surface area contributed by atoms with E-state index in [0.717, 1.165) is 12.1 Å². The summed E-state index contributed by atoms with van der Waals surface area (Å²) >= 11 is 0. The fourth-order valence-corrected chi connectivity index (χ4v) is 4.08. The summed E-state index contributed by atoms with van der Waals surface area (Å²) in [7, 11) is 1.61. The zero-order valence-electron chi connectivity index (χ0n) is 18.5. The van der Waals surface area contributed by atoms with Crippen molar-refractivity contribution in [2.75, 3.05) is 25.0 Å². The summed E-state index contributed by atoms with van der Waals surface area (Å²) in [5.41, 5.74) is -1.09. The van der Waals surface area contributed by atoms with Gasteiger partial charge in [-0.1, -0.05) is 12.1 Å². The summed E-state index contributed by atoms with van der Waals surface area (Å²) in [6, 6.07) is 8.07. The van der Waals surface area contributed by atoms with Gasteiger partial charge in [-0.25, -0.2) is 0 Å². The fourth-order valence-electron chi connectivity index (χ4n) is 4.08. The molecule has 34 heavy (non-hydrogen) atoms. The van der Waals surface area contributed by atoms with Gasteiger partial charge in [-0.15, -0.1) is 0 Å². The maximum atomic E-state index is 13.0. The van der Waals surface area contributed by atoms with E-state index < -0.39 is 33.3 Å². The van der Waals surface area contributed by atoms with Crippen molar-refractivity contribution >= 4 is 23.0 Å². The van der Waals surface area contributed by atoms with Crippen LogP contribution >= 0.6 is 0 Å². The lowest BCUT2D eigenvalue weighted by Crippen LogP contribution is -2.42. The second-order valence-corrected chi connectivity index (χ2v) is 8.20. The van der Waals surface area contributed by atoms with E-state index in [9.17, 15) is 38.2 Å². The number of nitro groups is 2. The zero-order chi connectivity index (χ0) is 25.2. The number of nitro benzene ring substituents is 2. The number of hydrogen-bond acceptors (Lipinski definition) is 6. The van der Waals surface area contributed by atoms with Crippen molar-refractivity contribution in [3.8, 4) is 0 Å². The molecule has 182 valence electrons. The normalized spacial score (nSPS) is 15.6. The standard InChI is InChI=1S/C22H23F3N4O5/c1-14(16-4-3-5-18(12-16)28(31)32)26(2)21(30)15-8-10-27(11-9-15)19-7-6-17(22(23,24)25)13-20(19)29(33)34/h3-7,12-15H,8-11H2,1-2H3. The number of carbonyl (C=O) groups is 1. The Morgan fingerprint density at radius 3 is 2.29 bits per heavy atom. The number of benzene rings is 2. The number of piperidine rings is 1. The molecule has 0 aliphatic carbocycles. The second-order valence-electron chi connectivity index (χ2n) is 8.20. The molecule has 1 heterocycles. The molecule has 1 aliphatic rings. The number of amides is 1. The molecule has 1 unspecified atom stereocenters. The molecular weight excluding hydrogens is 457 g/mol. The van der Waals surface area contributed by atoms with Gasteiger partial charge in [0.1, 0.15) is 5.69 Å². The van der Waals surface area contributed by atoms with Crippen LogP contribution in [-0.4, -0.2) is 40.8 Å². The highest BCUT2D eigenvalue weighted by Crippen LogP contribution is 2.38. The van der Waals surface area contributed by atoms with E-state index in [-0.39, 0.29) is 36.3 Å². The summed E-state index contributed by atoms with van der Waals surface area (Å²) in [4.78, 5) is 37.3. The number of non-ortho nitro benzene ring substituents is 1. The van der Waals surface area contributed by atoms with E-state index in [4.69, 9.17) is 0 Å². The van der Waals surface area contributed by atoms with Crippen LogP contribution in [0.5, 0.6) is 0 Å². The van der Waals surface area contributed by atoms with Crippen molar-refractivity contribution in [1.82, 2.24) is 4.90 Å². The molecule has 2 aromatic rings. The third-order valence-electron chi connectivity index (χ3n) is 6.18. The third kappa shape index (κ3) is 5.26. The Hall–Kier alpha value is -3.70. The Morgan fingerprint density at radius 1 is 1.09 bits per heavy atom. The molecule has 1 saturated heterocycles. The van der Waals surface area contributed by atoms with Crippen molar-refractivity contribution in [3.05, 3.63) is 73.8 Å². The average molecular weight is 480 g/mol. The van der Waals surface area contributed by atoms with Crippen LogP contribution in [0.25, 0.3) is 0 Å². The van der Waals surface area contributed by atoms with Crippen molar-refractivity contribution in [2.24, 2.45) is 5.92 Å². The van der Waals surface area contributed by atoms with Crippen LogP contribution in [-0.2, 0) is 11.0 Å². The molecule has 9 nitrogen and oxygen atoms in total. The van der Waals surface area contributed by atoms with E-state index in [1.165, 1.54) is 17.0 Å². The molecule has 12 heteroatoms. The van der Waals surface area contributed by atoms with Crippen LogP contribution < -0.4 is 4.90 Å². The zero-order valence-corrected chi connectivity index (χ0v) is 18.5. The molecule has 1 aliphatic heterocycles. The predicted molar refractivity (Wildman–Crippen MR) is 117 cm³/mol. The van der Waals surface area contributed by atoms with Crippen molar-refractivity contribution < 1.29 is 27.8 Å². The van der Waals surface area contributed by atoms with Crippen LogP contribution in [0.3, 0.4) is 0 Å². The molecule has 1 amide bonds. The molecule has 0 radical (unpaired) electrons. The van der Waals surface area contributed by atoms with E-state index in [1.807, 2.05) is 0 Å². The van der Waals surface area contributed by atoms with Gasteiger partial charge < -0.3 is 9.80 Å². The van der Waals surface area contributed by atoms with Crippen LogP contribution in [0.4, 0.5) is 30.2 Å². The number of halogens is 3. The molecule has 1 fully saturated rings. The number of nitrogens with zero attached hydrogens (tertiary/aromatic N) is 4. The third-order valence-corrected chi connectivity index (χ3v) is 6.18. The maximum absolute atomic E-state index is 13.0. The summed E-state index contributed by atoms with van der Waals surface area (Å²) in [5.74, 6) is -0.545. The van der Waals surface area contributed by atoms with Crippen LogP contribution in [0.1, 0.15) is 36.9 Å². The Balaban J connectivity index is 1.70. The highest BCUT2D eigenvalue weighted by molar-refractivity contribution is 5.79. The van der Waals surface area contributed by atoms with Gasteiger partial charge in [0, 0.05) is 44.3 Å². The Morgan fingerprint density at radius 2 is 1.74 bits per heavy atom. The van der Waals surface area contributed by atoms with Crippen LogP contribution in [0.2, 0.25) is 0 Å². The Labute approximate surface area is 193 Å². The summed E-state index contributed by atoms with van der Waals surface area (Å²) in [6.45, 7) is 2.29. The van der Waals surface area contributed by atoms with Gasteiger partial charge in [0.05, 0.1) is 21.5 Å². The minimum absolute atomic E-state index is 0.0726. The Bertz CT molecular complexity index is 1100. The lowest BCUT2D eigenvalue weighted by molar-refractivity contribution is -0.385. The number of anilines is 1. The largest absolute Gasteiger partial charge is 0.416 e. The van der Waals surface area contributed by atoms with Gasteiger partial charge in [0.2, 0.25) is 5.91 Å². The minimum atomic E-state index is -4.69. The van der Waals surface area contributed by atoms with Crippen molar-refractivity contribution in [2.45, 2.75) is 32.0 Å². The molecule has 0 saturated carbocycles. The first-order valence-corrected chi connectivity index (χ1v) is 10.5. The average Bonchev–Trinajstić information content (AvgIpc) is 2.81. The van der Waals surface area contributed by atoms with E-state index in [0.29, 0.717) is 24.5 Å². The Kier molecular flexibility index (Phi) is 7.08. The number of hydrogen-bond donors (Lipinski definition) is 0. The van der Waals surface area contributed by atoms with Crippen molar-refractivity contribution in [3.63, 3.8) is 0 Å². The monoisotopic (exact) mass is 480 g/mol. The molecular formula is C22H23F3N4O5. The van der Waals surface area contributed by atoms with Crippen LogP contribution in [0.15, 0.2) is 42.5 Å². The second kappa shape index (κ2) is 9.65. The summed E-state index contributed by atoms with van der Waals surface area (Å²) in [6.07, 6.45) is -3.96. The topological polar surface area (TPSA) is 110 Å². The number of carbonyl (C=O) groups excluding carboxylic acids is 1. The first-order valence-electron chi connectivity index (χ1n) is 10.5. The molecule has 0 spiro atoms. The molecule has 0 aromatic heterocycles.